The van der Waals surface area contributed by atoms with Gasteiger partial charge in [-0.2, -0.15) is 0 Å². The predicted molar refractivity (Wildman–Crippen MR) is 95.0 cm³/mol. The Morgan fingerprint density at radius 1 is 1.12 bits per heavy atom. The molecule has 0 bridgehead atoms. The summed E-state index contributed by atoms with van der Waals surface area (Å²) in [5.74, 6) is 0.185. The minimum Gasteiger partial charge on any atom is -0.493 e. The number of likely N-dealkylation sites (tertiary alicyclic amines) is 1. The van der Waals surface area contributed by atoms with Gasteiger partial charge in [0.05, 0.1) is 19.6 Å². The van der Waals surface area contributed by atoms with Crippen LogP contribution >= 0.6 is 0 Å². The van der Waals surface area contributed by atoms with Crippen LogP contribution in [0.5, 0.6) is 11.5 Å². The molecule has 1 saturated carbocycles. The molecule has 2 fully saturated rings. The summed E-state index contributed by atoms with van der Waals surface area (Å²) in [6.45, 7) is -0.256. The molecule has 3 amide bonds. The van der Waals surface area contributed by atoms with Crippen LogP contribution in [-0.2, 0) is 14.4 Å². The van der Waals surface area contributed by atoms with Gasteiger partial charge in [-0.05, 0) is 25.0 Å². The van der Waals surface area contributed by atoms with Gasteiger partial charge in [-0.1, -0.05) is 19.3 Å². The van der Waals surface area contributed by atoms with Crippen molar-refractivity contribution in [1.82, 2.24) is 4.90 Å². The molecule has 2 aliphatic rings. The molecule has 1 heterocycles. The summed E-state index contributed by atoms with van der Waals surface area (Å²) in [6.07, 6.45) is 4.74. The van der Waals surface area contributed by atoms with Gasteiger partial charge in [0.25, 0.3) is 0 Å². The van der Waals surface area contributed by atoms with Crippen LogP contribution in [0, 0.1) is 5.41 Å². The molecule has 7 heteroatoms. The minimum atomic E-state index is -0.570. The molecule has 140 valence electrons. The smallest absolute Gasteiger partial charge is 0.244 e. The van der Waals surface area contributed by atoms with Gasteiger partial charge in [-0.3, -0.25) is 19.3 Å². The van der Waals surface area contributed by atoms with E-state index in [1.54, 1.807) is 18.2 Å². The number of anilines is 1. The maximum Gasteiger partial charge on any atom is 0.244 e. The Hall–Kier alpha value is -2.57. The number of benzene rings is 1. The zero-order valence-electron chi connectivity index (χ0n) is 15.2. The summed E-state index contributed by atoms with van der Waals surface area (Å²) >= 11 is 0. The van der Waals surface area contributed by atoms with Crippen molar-refractivity contribution in [3.05, 3.63) is 18.2 Å². The zero-order chi connectivity index (χ0) is 18.7. The van der Waals surface area contributed by atoms with Crippen molar-refractivity contribution in [3.63, 3.8) is 0 Å². The summed E-state index contributed by atoms with van der Waals surface area (Å²) in [5.41, 5.74) is -0.0574. The van der Waals surface area contributed by atoms with E-state index in [-0.39, 0.29) is 24.8 Å². The van der Waals surface area contributed by atoms with Crippen molar-refractivity contribution in [1.29, 1.82) is 0 Å². The third-order valence-electron chi connectivity index (χ3n) is 5.27. The molecule has 1 saturated heterocycles. The van der Waals surface area contributed by atoms with Gasteiger partial charge in [0.2, 0.25) is 17.7 Å². The first-order valence-corrected chi connectivity index (χ1v) is 8.86. The van der Waals surface area contributed by atoms with Crippen LogP contribution < -0.4 is 14.8 Å². The Morgan fingerprint density at radius 3 is 2.46 bits per heavy atom. The molecule has 1 aromatic carbocycles. The molecule has 1 aliphatic heterocycles. The summed E-state index contributed by atoms with van der Waals surface area (Å²) in [4.78, 5) is 38.5. The third-order valence-corrected chi connectivity index (χ3v) is 5.27. The first-order chi connectivity index (χ1) is 12.5. The van der Waals surface area contributed by atoms with E-state index in [0.29, 0.717) is 17.2 Å². The predicted octanol–water partition coefficient (Wildman–Crippen LogP) is 2.35. The number of imide groups is 1. The number of ether oxygens (including phenoxy) is 2. The highest BCUT2D eigenvalue weighted by atomic mass is 16.5. The van der Waals surface area contributed by atoms with E-state index in [0.717, 1.165) is 37.0 Å². The largest absolute Gasteiger partial charge is 0.493 e. The molecule has 0 aromatic heterocycles. The molecule has 7 nitrogen and oxygen atoms in total. The number of nitrogens with zero attached hydrogens (tertiary/aromatic N) is 1. The normalized spacial score (nSPS) is 18.9. The first kappa shape index (κ1) is 18.2. The van der Waals surface area contributed by atoms with Crippen LogP contribution in [0.1, 0.15) is 38.5 Å². The number of carbonyl (C=O) groups excluding carboxylic acids is 3. The lowest BCUT2D eigenvalue weighted by atomic mass is 9.73. The van der Waals surface area contributed by atoms with E-state index in [2.05, 4.69) is 5.32 Å². The summed E-state index contributed by atoms with van der Waals surface area (Å²) in [6, 6.07) is 4.99. The molecule has 0 unspecified atom stereocenters. The van der Waals surface area contributed by atoms with Crippen LogP contribution in [0.25, 0.3) is 0 Å². The quantitative estimate of drug-likeness (QED) is 0.815. The lowest BCUT2D eigenvalue weighted by molar-refractivity contribution is -0.144. The number of carbonyl (C=O) groups is 3. The fourth-order valence-electron chi connectivity index (χ4n) is 3.90. The van der Waals surface area contributed by atoms with Crippen LogP contribution in [-0.4, -0.2) is 43.4 Å². The molecule has 1 aromatic rings. The number of amides is 3. The molecule has 26 heavy (non-hydrogen) atoms. The van der Waals surface area contributed by atoms with Gasteiger partial charge in [0, 0.05) is 18.2 Å². The number of rotatable bonds is 5. The molecule has 1 N–H and O–H groups in total. The highest BCUT2D eigenvalue weighted by molar-refractivity contribution is 6.09. The Bertz CT molecular complexity index is 725. The molecule has 3 rings (SSSR count). The van der Waals surface area contributed by atoms with E-state index >= 15 is 0 Å². The Morgan fingerprint density at radius 2 is 1.81 bits per heavy atom. The van der Waals surface area contributed by atoms with Gasteiger partial charge >= 0.3 is 0 Å². The van der Waals surface area contributed by atoms with Gasteiger partial charge in [0.15, 0.2) is 11.5 Å². The average Bonchev–Trinajstić information content (AvgIpc) is 2.86. The first-order valence-electron chi connectivity index (χ1n) is 8.86. The van der Waals surface area contributed by atoms with Crippen molar-refractivity contribution in [2.45, 2.75) is 38.5 Å². The van der Waals surface area contributed by atoms with E-state index in [4.69, 9.17) is 9.47 Å². The summed E-state index contributed by atoms with van der Waals surface area (Å²) in [7, 11) is 3.04. The Balaban J connectivity index is 1.66. The maximum absolute atomic E-state index is 12.8. The van der Waals surface area contributed by atoms with E-state index < -0.39 is 11.3 Å². The molecular weight excluding hydrogens is 336 g/mol. The van der Waals surface area contributed by atoms with Crippen LogP contribution in [0.15, 0.2) is 18.2 Å². The van der Waals surface area contributed by atoms with Gasteiger partial charge in [-0.15, -0.1) is 0 Å². The fourth-order valence-corrected chi connectivity index (χ4v) is 3.90. The van der Waals surface area contributed by atoms with Crippen molar-refractivity contribution < 1.29 is 23.9 Å². The molecule has 1 aliphatic carbocycles. The molecule has 0 atom stereocenters. The second kappa shape index (κ2) is 7.35. The molecule has 0 radical (unpaired) electrons. The highest BCUT2D eigenvalue weighted by Crippen LogP contribution is 2.45. The van der Waals surface area contributed by atoms with Crippen molar-refractivity contribution in [2.75, 3.05) is 26.1 Å². The Kier molecular flexibility index (Phi) is 5.15. The van der Waals surface area contributed by atoms with Crippen LogP contribution in [0.4, 0.5) is 5.69 Å². The zero-order valence-corrected chi connectivity index (χ0v) is 15.2. The van der Waals surface area contributed by atoms with Crippen molar-refractivity contribution >= 4 is 23.4 Å². The van der Waals surface area contributed by atoms with Crippen molar-refractivity contribution in [3.8, 4) is 11.5 Å². The number of hydrogen-bond acceptors (Lipinski definition) is 5. The topological polar surface area (TPSA) is 84.9 Å². The number of nitrogens with one attached hydrogen (secondary N) is 1. The van der Waals surface area contributed by atoms with Gasteiger partial charge in [0.1, 0.15) is 6.54 Å². The van der Waals surface area contributed by atoms with E-state index in [1.807, 2.05) is 0 Å². The van der Waals surface area contributed by atoms with Crippen LogP contribution in [0.2, 0.25) is 0 Å². The lowest BCUT2D eigenvalue weighted by Crippen LogP contribution is -2.41. The van der Waals surface area contributed by atoms with E-state index in [1.165, 1.54) is 14.2 Å². The Labute approximate surface area is 152 Å². The lowest BCUT2D eigenvalue weighted by Gasteiger charge is -2.30. The highest BCUT2D eigenvalue weighted by Gasteiger charge is 2.51. The second-order valence-electron chi connectivity index (χ2n) is 6.92. The number of hydrogen-bond donors (Lipinski definition) is 1. The maximum atomic E-state index is 12.8. The van der Waals surface area contributed by atoms with Crippen LogP contribution in [0.3, 0.4) is 0 Å². The SMILES string of the molecule is COc1ccc(NC(=O)CN2C(=O)CC3(CCCCC3)C2=O)cc1OC. The van der Waals surface area contributed by atoms with Crippen molar-refractivity contribution in [2.24, 2.45) is 5.41 Å². The minimum absolute atomic E-state index is 0.190. The van der Waals surface area contributed by atoms with Gasteiger partial charge < -0.3 is 14.8 Å². The number of methoxy groups -OCH3 is 2. The third kappa shape index (κ3) is 3.38. The fraction of sp³-hybridized carbons (Fsp3) is 0.526. The average molecular weight is 360 g/mol. The second-order valence-corrected chi connectivity index (χ2v) is 6.92. The van der Waals surface area contributed by atoms with E-state index in [9.17, 15) is 14.4 Å². The molecule has 1 spiro atoms. The molecular formula is C19H24N2O5. The van der Waals surface area contributed by atoms with Gasteiger partial charge in [-0.25, -0.2) is 0 Å². The standard InChI is InChI=1S/C19H24N2O5/c1-25-14-7-6-13(10-15(14)26-2)20-16(22)12-21-17(23)11-19(18(21)24)8-4-3-5-9-19/h6-7,10H,3-5,8-9,11-12H2,1-2H3,(H,20,22). The summed E-state index contributed by atoms with van der Waals surface area (Å²) in [5, 5.41) is 2.71. The summed E-state index contributed by atoms with van der Waals surface area (Å²) < 4.78 is 10.4. The monoisotopic (exact) mass is 360 g/mol.